The highest BCUT2D eigenvalue weighted by Gasteiger charge is 2.06. The summed E-state index contributed by atoms with van der Waals surface area (Å²) in [5.41, 5.74) is 7.22. The first-order chi connectivity index (χ1) is 7.17. The minimum Gasteiger partial charge on any atom is -0.496 e. The number of aryl methyl sites for hydroxylation is 1. The number of esters is 1. The largest absolute Gasteiger partial charge is 0.496 e. The van der Waals surface area contributed by atoms with Crippen LogP contribution in [0.3, 0.4) is 0 Å². The smallest absolute Gasteiger partial charge is 0.305 e. The lowest BCUT2D eigenvalue weighted by Crippen LogP contribution is -2.03. The van der Waals surface area contributed by atoms with Crippen molar-refractivity contribution in [1.82, 2.24) is 0 Å². The van der Waals surface area contributed by atoms with Crippen LogP contribution >= 0.6 is 0 Å². The summed E-state index contributed by atoms with van der Waals surface area (Å²) in [5, 5.41) is 0. The van der Waals surface area contributed by atoms with Crippen LogP contribution in [0.4, 0.5) is 5.69 Å². The van der Waals surface area contributed by atoms with Gasteiger partial charge in [0.2, 0.25) is 0 Å². The van der Waals surface area contributed by atoms with Gasteiger partial charge in [0, 0.05) is 18.2 Å². The highest BCUT2D eigenvalue weighted by molar-refractivity contribution is 5.69. The van der Waals surface area contributed by atoms with Gasteiger partial charge in [-0.15, -0.1) is 0 Å². The van der Waals surface area contributed by atoms with Gasteiger partial charge in [-0.1, -0.05) is 6.07 Å². The first kappa shape index (κ1) is 11.4. The zero-order valence-corrected chi connectivity index (χ0v) is 8.95. The van der Waals surface area contributed by atoms with Gasteiger partial charge in [-0.05, 0) is 18.1 Å². The molecule has 0 radical (unpaired) electrons. The zero-order chi connectivity index (χ0) is 11.3. The Labute approximate surface area is 89.0 Å². The van der Waals surface area contributed by atoms with E-state index in [0.717, 1.165) is 5.56 Å². The van der Waals surface area contributed by atoms with E-state index in [1.165, 1.54) is 7.11 Å². The van der Waals surface area contributed by atoms with Crippen LogP contribution in [0, 0.1) is 0 Å². The molecule has 2 N–H and O–H groups in total. The van der Waals surface area contributed by atoms with Crippen LogP contribution in [0.2, 0.25) is 0 Å². The van der Waals surface area contributed by atoms with Gasteiger partial charge in [-0.2, -0.15) is 0 Å². The summed E-state index contributed by atoms with van der Waals surface area (Å²) in [6.45, 7) is 0. The van der Waals surface area contributed by atoms with Gasteiger partial charge in [0.15, 0.2) is 0 Å². The van der Waals surface area contributed by atoms with Crippen molar-refractivity contribution in [1.29, 1.82) is 0 Å². The number of nitrogen functional groups attached to an aromatic ring is 1. The summed E-state index contributed by atoms with van der Waals surface area (Å²) in [4.78, 5) is 11.0. The van der Waals surface area contributed by atoms with Crippen molar-refractivity contribution in [3.05, 3.63) is 23.8 Å². The molecule has 4 nitrogen and oxygen atoms in total. The van der Waals surface area contributed by atoms with E-state index in [-0.39, 0.29) is 5.97 Å². The minimum atomic E-state index is -0.228. The van der Waals surface area contributed by atoms with Crippen molar-refractivity contribution < 1.29 is 14.3 Å². The molecule has 1 aromatic rings. The van der Waals surface area contributed by atoms with Gasteiger partial charge in [0.1, 0.15) is 5.75 Å². The molecule has 15 heavy (non-hydrogen) atoms. The number of anilines is 1. The van der Waals surface area contributed by atoms with E-state index in [1.807, 2.05) is 6.07 Å². The van der Waals surface area contributed by atoms with Crippen LogP contribution in [0.1, 0.15) is 12.0 Å². The molecule has 0 amide bonds. The molecule has 0 bridgehead atoms. The molecule has 0 atom stereocenters. The van der Waals surface area contributed by atoms with Gasteiger partial charge in [0.05, 0.1) is 14.2 Å². The molecule has 1 rings (SSSR count). The number of methoxy groups -OCH3 is 2. The lowest BCUT2D eigenvalue weighted by atomic mass is 10.1. The van der Waals surface area contributed by atoms with E-state index < -0.39 is 0 Å². The van der Waals surface area contributed by atoms with Gasteiger partial charge in [0.25, 0.3) is 0 Å². The number of rotatable bonds is 4. The van der Waals surface area contributed by atoms with Crippen molar-refractivity contribution in [2.45, 2.75) is 12.8 Å². The van der Waals surface area contributed by atoms with Gasteiger partial charge >= 0.3 is 5.97 Å². The fourth-order valence-electron chi connectivity index (χ4n) is 1.31. The van der Waals surface area contributed by atoms with E-state index in [9.17, 15) is 4.79 Å². The van der Waals surface area contributed by atoms with Crippen LogP contribution in [-0.2, 0) is 16.0 Å². The van der Waals surface area contributed by atoms with Crippen molar-refractivity contribution >= 4 is 11.7 Å². The molecule has 0 fully saturated rings. The first-order valence-electron chi connectivity index (χ1n) is 4.66. The lowest BCUT2D eigenvalue weighted by molar-refractivity contribution is -0.140. The third kappa shape index (κ3) is 3.16. The zero-order valence-electron chi connectivity index (χ0n) is 8.95. The van der Waals surface area contributed by atoms with Crippen molar-refractivity contribution in [2.75, 3.05) is 20.0 Å². The molecule has 1 aromatic carbocycles. The van der Waals surface area contributed by atoms with E-state index in [1.54, 1.807) is 19.2 Å². The Bertz CT molecular complexity index is 350. The Balaban J connectivity index is 2.72. The van der Waals surface area contributed by atoms with Gasteiger partial charge < -0.3 is 15.2 Å². The monoisotopic (exact) mass is 209 g/mol. The molecule has 0 aliphatic heterocycles. The molecule has 0 aliphatic rings. The average molecular weight is 209 g/mol. The van der Waals surface area contributed by atoms with Gasteiger partial charge in [-0.3, -0.25) is 4.79 Å². The number of carbonyl (C=O) groups is 1. The Morgan fingerprint density at radius 3 is 2.73 bits per heavy atom. The third-order valence-corrected chi connectivity index (χ3v) is 2.14. The Morgan fingerprint density at radius 1 is 1.40 bits per heavy atom. The molecule has 0 aromatic heterocycles. The fourth-order valence-corrected chi connectivity index (χ4v) is 1.31. The number of nitrogens with two attached hydrogens (primary N) is 1. The molecule has 0 spiro atoms. The van der Waals surface area contributed by atoms with Crippen molar-refractivity contribution in [3.63, 3.8) is 0 Å². The summed E-state index contributed by atoms with van der Waals surface area (Å²) in [6, 6.07) is 5.39. The summed E-state index contributed by atoms with van der Waals surface area (Å²) in [7, 11) is 2.96. The number of hydrogen-bond donors (Lipinski definition) is 1. The average Bonchev–Trinajstić information content (AvgIpc) is 2.26. The molecule has 0 unspecified atom stereocenters. The summed E-state index contributed by atoms with van der Waals surface area (Å²) in [5.74, 6) is 0.479. The van der Waals surface area contributed by atoms with Crippen molar-refractivity contribution in [3.8, 4) is 5.75 Å². The summed E-state index contributed by atoms with van der Waals surface area (Å²) >= 11 is 0. The van der Waals surface area contributed by atoms with Crippen LogP contribution in [-0.4, -0.2) is 20.2 Å². The maximum atomic E-state index is 11.0. The highest BCUT2D eigenvalue weighted by Crippen LogP contribution is 2.22. The number of benzene rings is 1. The Kier molecular flexibility index (Phi) is 3.97. The molecular weight excluding hydrogens is 194 g/mol. The summed E-state index contributed by atoms with van der Waals surface area (Å²) in [6.07, 6.45) is 0.937. The van der Waals surface area contributed by atoms with E-state index >= 15 is 0 Å². The van der Waals surface area contributed by atoms with E-state index in [4.69, 9.17) is 10.5 Å². The maximum absolute atomic E-state index is 11.0. The molecule has 0 heterocycles. The molecule has 0 saturated heterocycles. The SMILES string of the molecule is COC(=O)CCc1ccc(N)cc1OC. The predicted octanol–water partition coefficient (Wildman–Crippen LogP) is 1.38. The van der Waals surface area contributed by atoms with Gasteiger partial charge in [-0.25, -0.2) is 0 Å². The summed E-state index contributed by atoms with van der Waals surface area (Å²) < 4.78 is 9.72. The Hall–Kier alpha value is -1.71. The van der Waals surface area contributed by atoms with Crippen LogP contribution in [0.25, 0.3) is 0 Å². The minimum absolute atomic E-state index is 0.228. The molecule has 0 saturated carbocycles. The predicted molar refractivity (Wildman–Crippen MR) is 57.7 cm³/mol. The second-order valence-corrected chi connectivity index (χ2v) is 3.15. The third-order valence-electron chi connectivity index (χ3n) is 2.14. The fraction of sp³-hybridized carbons (Fsp3) is 0.364. The normalized spacial score (nSPS) is 9.73. The standard InChI is InChI=1S/C11H15NO3/c1-14-10-7-9(12)5-3-8(10)4-6-11(13)15-2/h3,5,7H,4,6,12H2,1-2H3. The number of carbonyl (C=O) groups excluding carboxylic acids is 1. The van der Waals surface area contributed by atoms with Crippen LogP contribution in [0.15, 0.2) is 18.2 Å². The maximum Gasteiger partial charge on any atom is 0.305 e. The topological polar surface area (TPSA) is 61.5 Å². The quantitative estimate of drug-likeness (QED) is 0.601. The first-order valence-corrected chi connectivity index (χ1v) is 4.66. The Morgan fingerprint density at radius 2 is 2.13 bits per heavy atom. The van der Waals surface area contributed by atoms with Crippen LogP contribution in [0.5, 0.6) is 5.75 Å². The molecular formula is C11H15NO3. The second kappa shape index (κ2) is 5.24. The van der Waals surface area contributed by atoms with E-state index in [0.29, 0.717) is 24.3 Å². The molecule has 4 heteroatoms. The van der Waals surface area contributed by atoms with Crippen molar-refractivity contribution in [2.24, 2.45) is 0 Å². The number of ether oxygens (including phenoxy) is 2. The van der Waals surface area contributed by atoms with E-state index in [2.05, 4.69) is 4.74 Å². The lowest BCUT2D eigenvalue weighted by Gasteiger charge is -2.08. The highest BCUT2D eigenvalue weighted by atomic mass is 16.5. The molecule has 0 aliphatic carbocycles. The molecule has 82 valence electrons. The van der Waals surface area contributed by atoms with Crippen LogP contribution < -0.4 is 10.5 Å². The second-order valence-electron chi connectivity index (χ2n) is 3.15. The number of hydrogen-bond acceptors (Lipinski definition) is 4.